The Labute approximate surface area is 138 Å². The summed E-state index contributed by atoms with van der Waals surface area (Å²) in [5.74, 6) is 1.14. The van der Waals surface area contributed by atoms with Crippen molar-refractivity contribution >= 4 is 29.0 Å². The van der Waals surface area contributed by atoms with Crippen molar-refractivity contribution < 1.29 is 9.53 Å². The van der Waals surface area contributed by atoms with Crippen molar-refractivity contribution in [2.45, 2.75) is 0 Å². The third-order valence-electron chi connectivity index (χ3n) is 3.06. The summed E-state index contributed by atoms with van der Waals surface area (Å²) in [7, 11) is 0. The number of hydrogen-bond donors (Lipinski definition) is 1. The maximum atomic E-state index is 12.1. The van der Waals surface area contributed by atoms with Crippen molar-refractivity contribution in [3.05, 3.63) is 83.1 Å². The van der Waals surface area contributed by atoms with Gasteiger partial charge in [0.25, 0.3) is 0 Å². The summed E-state index contributed by atoms with van der Waals surface area (Å²) in [4.78, 5) is 13.1. The maximum absolute atomic E-state index is 12.1. The predicted octanol–water partition coefficient (Wildman–Crippen LogP) is 5.19. The average Bonchev–Trinajstić information content (AvgIpc) is 3.09. The van der Waals surface area contributed by atoms with Crippen molar-refractivity contribution in [2.24, 2.45) is 0 Å². The number of amides is 1. The molecule has 0 spiro atoms. The van der Waals surface area contributed by atoms with Gasteiger partial charge >= 0.3 is 0 Å². The Bertz CT molecular complexity index is 795. The summed E-state index contributed by atoms with van der Waals surface area (Å²) in [5.41, 5.74) is 0.636. The molecule has 3 aromatic rings. The molecule has 1 heterocycles. The second kappa shape index (κ2) is 7.42. The maximum Gasteiger partial charge on any atom is 0.248 e. The Hall–Kier alpha value is -2.85. The minimum absolute atomic E-state index is 0.192. The third-order valence-corrected chi connectivity index (χ3v) is 3.90. The van der Waals surface area contributed by atoms with Crippen LogP contribution in [-0.2, 0) is 4.79 Å². The first-order valence-electron chi connectivity index (χ1n) is 7.16. The molecule has 0 fully saturated rings. The van der Waals surface area contributed by atoms with Gasteiger partial charge in [-0.25, -0.2) is 0 Å². The van der Waals surface area contributed by atoms with E-state index in [-0.39, 0.29) is 5.91 Å². The molecule has 2 aromatic carbocycles. The first-order valence-corrected chi connectivity index (χ1v) is 8.04. The fourth-order valence-corrected chi connectivity index (χ4v) is 2.61. The highest BCUT2D eigenvalue weighted by Gasteiger charge is 2.06. The van der Waals surface area contributed by atoms with Gasteiger partial charge in [0.2, 0.25) is 5.91 Å². The van der Waals surface area contributed by atoms with Gasteiger partial charge in [-0.1, -0.05) is 36.4 Å². The van der Waals surface area contributed by atoms with E-state index in [0.29, 0.717) is 11.4 Å². The largest absolute Gasteiger partial charge is 0.455 e. The fourth-order valence-electron chi connectivity index (χ4n) is 1.99. The summed E-state index contributed by atoms with van der Waals surface area (Å²) in [6, 6.07) is 20.7. The van der Waals surface area contributed by atoms with Crippen LogP contribution in [0.5, 0.6) is 11.5 Å². The van der Waals surface area contributed by atoms with E-state index in [1.54, 1.807) is 17.4 Å². The van der Waals surface area contributed by atoms with Gasteiger partial charge in [0.05, 0.1) is 5.69 Å². The molecule has 0 aliphatic carbocycles. The number of ether oxygens (including phenoxy) is 1. The van der Waals surface area contributed by atoms with Crippen LogP contribution >= 0.6 is 11.3 Å². The first kappa shape index (κ1) is 15.1. The van der Waals surface area contributed by atoms with Gasteiger partial charge in [0.1, 0.15) is 5.75 Å². The zero-order chi connectivity index (χ0) is 15.9. The number of anilines is 1. The zero-order valence-electron chi connectivity index (χ0n) is 12.3. The molecule has 23 heavy (non-hydrogen) atoms. The van der Waals surface area contributed by atoms with Crippen molar-refractivity contribution in [3.63, 3.8) is 0 Å². The van der Waals surface area contributed by atoms with Gasteiger partial charge in [-0.05, 0) is 41.8 Å². The smallest absolute Gasteiger partial charge is 0.248 e. The van der Waals surface area contributed by atoms with Crippen LogP contribution in [0.4, 0.5) is 5.69 Å². The Kier molecular flexibility index (Phi) is 4.86. The van der Waals surface area contributed by atoms with E-state index < -0.39 is 0 Å². The van der Waals surface area contributed by atoms with Crippen LogP contribution in [0.1, 0.15) is 4.88 Å². The Morgan fingerprint density at radius 3 is 2.52 bits per heavy atom. The lowest BCUT2D eigenvalue weighted by Crippen LogP contribution is -2.08. The van der Waals surface area contributed by atoms with Gasteiger partial charge in [0, 0.05) is 11.0 Å². The molecule has 0 aliphatic rings. The molecule has 3 rings (SSSR count). The molecule has 0 saturated heterocycles. The van der Waals surface area contributed by atoms with E-state index in [9.17, 15) is 4.79 Å². The van der Waals surface area contributed by atoms with Gasteiger partial charge in [-0.3, -0.25) is 4.79 Å². The highest BCUT2D eigenvalue weighted by molar-refractivity contribution is 7.10. The molecule has 0 radical (unpaired) electrons. The highest BCUT2D eigenvalue weighted by Crippen LogP contribution is 2.29. The number of hydrogen-bond acceptors (Lipinski definition) is 3. The molecule has 0 aliphatic heterocycles. The lowest BCUT2D eigenvalue weighted by Gasteiger charge is -2.11. The zero-order valence-corrected chi connectivity index (χ0v) is 13.1. The van der Waals surface area contributed by atoms with Crippen LogP contribution in [0, 0.1) is 0 Å². The average molecular weight is 321 g/mol. The molecular formula is C19H15NO2S. The number of nitrogens with one attached hydrogen (secondary N) is 1. The van der Waals surface area contributed by atoms with Crippen LogP contribution in [0.15, 0.2) is 78.2 Å². The molecular weight excluding hydrogens is 306 g/mol. The van der Waals surface area contributed by atoms with Crippen LogP contribution in [0.3, 0.4) is 0 Å². The van der Waals surface area contributed by atoms with Crippen LogP contribution < -0.4 is 10.1 Å². The minimum atomic E-state index is -0.192. The number of para-hydroxylation sites is 3. The van der Waals surface area contributed by atoms with E-state index >= 15 is 0 Å². The minimum Gasteiger partial charge on any atom is -0.455 e. The number of thiophene rings is 1. The molecule has 1 aromatic heterocycles. The number of rotatable bonds is 5. The number of carbonyl (C=O) groups excluding carboxylic acids is 1. The Morgan fingerprint density at radius 2 is 1.74 bits per heavy atom. The van der Waals surface area contributed by atoms with Gasteiger partial charge in [0.15, 0.2) is 5.75 Å². The van der Waals surface area contributed by atoms with E-state index in [2.05, 4.69) is 5.32 Å². The quantitative estimate of drug-likeness (QED) is 0.657. The van der Waals surface area contributed by atoms with E-state index in [1.165, 1.54) is 6.08 Å². The van der Waals surface area contributed by atoms with Gasteiger partial charge in [-0.2, -0.15) is 0 Å². The van der Waals surface area contributed by atoms with Crippen molar-refractivity contribution in [1.82, 2.24) is 0 Å². The fraction of sp³-hybridized carbons (Fsp3) is 0. The van der Waals surface area contributed by atoms with Gasteiger partial charge < -0.3 is 10.1 Å². The molecule has 0 saturated carbocycles. The molecule has 0 unspecified atom stereocenters. The molecule has 3 nitrogen and oxygen atoms in total. The van der Waals surface area contributed by atoms with Gasteiger partial charge in [-0.15, -0.1) is 11.3 Å². The summed E-state index contributed by atoms with van der Waals surface area (Å²) in [6.45, 7) is 0. The van der Waals surface area contributed by atoms with Crippen LogP contribution in [0.25, 0.3) is 6.08 Å². The summed E-state index contributed by atoms with van der Waals surface area (Å²) >= 11 is 1.58. The summed E-state index contributed by atoms with van der Waals surface area (Å²) in [6.07, 6.45) is 3.31. The van der Waals surface area contributed by atoms with Crippen LogP contribution in [0.2, 0.25) is 0 Å². The monoisotopic (exact) mass is 321 g/mol. The third kappa shape index (κ3) is 4.31. The second-order valence-corrected chi connectivity index (χ2v) is 5.73. The lowest BCUT2D eigenvalue weighted by atomic mass is 10.2. The SMILES string of the molecule is O=C(/C=C/c1cccs1)Nc1ccccc1Oc1ccccc1. The van der Waals surface area contributed by atoms with E-state index in [1.807, 2.05) is 72.1 Å². The molecule has 0 atom stereocenters. The first-order chi connectivity index (χ1) is 11.3. The molecule has 1 amide bonds. The lowest BCUT2D eigenvalue weighted by molar-refractivity contribution is -0.111. The Balaban J connectivity index is 1.71. The topological polar surface area (TPSA) is 38.3 Å². The predicted molar refractivity (Wildman–Crippen MR) is 94.9 cm³/mol. The Morgan fingerprint density at radius 1 is 0.957 bits per heavy atom. The van der Waals surface area contributed by atoms with Crippen LogP contribution in [-0.4, -0.2) is 5.91 Å². The summed E-state index contributed by atoms with van der Waals surface area (Å²) < 4.78 is 5.82. The van der Waals surface area contributed by atoms with Crippen molar-refractivity contribution in [2.75, 3.05) is 5.32 Å². The standard InChI is InChI=1S/C19H15NO2S/c21-19(13-12-16-9-6-14-23-16)20-17-10-4-5-11-18(17)22-15-7-2-1-3-8-15/h1-14H,(H,20,21)/b13-12+. The molecule has 4 heteroatoms. The molecule has 1 N–H and O–H groups in total. The van der Waals surface area contributed by atoms with E-state index in [4.69, 9.17) is 4.74 Å². The molecule has 114 valence electrons. The highest BCUT2D eigenvalue weighted by atomic mass is 32.1. The number of benzene rings is 2. The van der Waals surface area contributed by atoms with Crippen molar-refractivity contribution in [1.29, 1.82) is 0 Å². The number of carbonyl (C=O) groups is 1. The van der Waals surface area contributed by atoms with Crippen molar-refractivity contribution in [3.8, 4) is 11.5 Å². The van der Waals surface area contributed by atoms with E-state index in [0.717, 1.165) is 10.6 Å². The second-order valence-electron chi connectivity index (χ2n) is 4.75. The molecule has 0 bridgehead atoms. The normalized spacial score (nSPS) is 10.6. The summed E-state index contributed by atoms with van der Waals surface area (Å²) in [5, 5.41) is 4.82.